The van der Waals surface area contributed by atoms with E-state index in [4.69, 9.17) is 11.6 Å². The normalized spacial score (nSPS) is 20.3. The van der Waals surface area contributed by atoms with Gasteiger partial charge in [-0.05, 0) is 25.8 Å². The number of alkyl halides is 1. The third-order valence-corrected chi connectivity index (χ3v) is 4.37. The fourth-order valence-electron chi connectivity index (χ4n) is 2.78. The van der Waals surface area contributed by atoms with Gasteiger partial charge in [-0.1, -0.05) is 19.3 Å². The van der Waals surface area contributed by atoms with Crippen molar-refractivity contribution >= 4 is 23.0 Å². The smallest absolute Gasteiger partial charge is 0.269 e. The van der Waals surface area contributed by atoms with Crippen LogP contribution in [0.4, 0.5) is 11.4 Å². The summed E-state index contributed by atoms with van der Waals surface area (Å²) in [6, 6.07) is 5.09. The Balaban J connectivity index is 2.42. The third-order valence-electron chi connectivity index (χ3n) is 3.92. The molecule has 2 rings (SSSR count). The maximum atomic E-state index is 11.0. The predicted molar refractivity (Wildman–Crippen MR) is 82.7 cm³/mol. The summed E-state index contributed by atoms with van der Waals surface area (Å²) in [5.74, 6) is 0. The molecule has 0 aliphatic carbocycles. The van der Waals surface area contributed by atoms with Gasteiger partial charge in [0.2, 0.25) is 0 Å². The highest BCUT2D eigenvalue weighted by Crippen LogP contribution is 2.37. The number of nitro benzene ring substituents is 1. The zero-order valence-corrected chi connectivity index (χ0v) is 12.6. The zero-order chi connectivity index (χ0) is 14.5. The lowest BCUT2D eigenvalue weighted by Crippen LogP contribution is -2.25. The van der Waals surface area contributed by atoms with E-state index >= 15 is 0 Å². The number of halogens is 1. The van der Waals surface area contributed by atoms with E-state index in [-0.39, 0.29) is 16.0 Å². The molecule has 1 aromatic carbocycles. The van der Waals surface area contributed by atoms with Gasteiger partial charge in [0.05, 0.1) is 10.3 Å². The topological polar surface area (TPSA) is 46.4 Å². The van der Waals surface area contributed by atoms with Crippen LogP contribution < -0.4 is 4.90 Å². The van der Waals surface area contributed by atoms with E-state index in [9.17, 15) is 10.1 Å². The minimum atomic E-state index is -0.348. The maximum Gasteiger partial charge on any atom is 0.269 e. The first-order chi connectivity index (χ1) is 9.63. The first kappa shape index (κ1) is 15.1. The largest absolute Gasteiger partial charge is 0.372 e. The molecule has 0 saturated heterocycles. The summed E-state index contributed by atoms with van der Waals surface area (Å²) in [5.41, 5.74) is 2.09. The molecule has 0 bridgehead atoms. The molecule has 5 heteroatoms. The average Bonchev–Trinajstić information content (AvgIpc) is 2.45. The van der Waals surface area contributed by atoms with Crippen molar-refractivity contribution in [2.24, 2.45) is 0 Å². The molecule has 1 heterocycles. The number of nitro groups is 1. The Bertz CT molecular complexity index is 479. The molecule has 0 aromatic heterocycles. The summed E-state index contributed by atoms with van der Waals surface area (Å²) in [6.45, 7) is 4.00. The number of hydrogen-bond acceptors (Lipinski definition) is 3. The second-order valence-corrected chi connectivity index (χ2v) is 5.78. The first-order valence-corrected chi connectivity index (χ1v) is 7.74. The minimum Gasteiger partial charge on any atom is -0.372 e. The van der Waals surface area contributed by atoms with E-state index in [1.807, 2.05) is 6.07 Å². The summed E-state index contributed by atoms with van der Waals surface area (Å²) in [5, 5.41) is 10.8. The summed E-state index contributed by atoms with van der Waals surface area (Å²) in [7, 11) is 0. The van der Waals surface area contributed by atoms with Gasteiger partial charge < -0.3 is 4.90 Å². The first-order valence-electron chi connectivity index (χ1n) is 7.31. The predicted octanol–water partition coefficient (Wildman–Crippen LogP) is 4.67. The second-order valence-electron chi connectivity index (χ2n) is 5.25. The lowest BCUT2D eigenvalue weighted by atomic mass is 10.00. The Kier molecular flexibility index (Phi) is 5.24. The molecule has 1 aliphatic rings. The van der Waals surface area contributed by atoms with Gasteiger partial charge in [-0.25, -0.2) is 0 Å². The summed E-state index contributed by atoms with van der Waals surface area (Å²) in [6.07, 6.45) is 5.54. The van der Waals surface area contributed by atoms with Crippen LogP contribution in [-0.2, 0) is 0 Å². The molecular formula is C15H21ClN2O2. The lowest BCUT2D eigenvalue weighted by molar-refractivity contribution is -0.384. The molecule has 0 fully saturated rings. The van der Waals surface area contributed by atoms with E-state index in [2.05, 4.69) is 11.8 Å². The highest BCUT2D eigenvalue weighted by Gasteiger charge is 2.21. The number of non-ortho nitro benzene ring substituents is 1. The van der Waals surface area contributed by atoms with E-state index in [0.717, 1.165) is 43.6 Å². The van der Waals surface area contributed by atoms with Gasteiger partial charge in [-0.15, -0.1) is 11.6 Å². The van der Waals surface area contributed by atoms with E-state index in [1.54, 1.807) is 12.1 Å². The van der Waals surface area contributed by atoms with Gasteiger partial charge >= 0.3 is 0 Å². The molecule has 1 aliphatic heterocycles. The van der Waals surface area contributed by atoms with Gasteiger partial charge in [-0.3, -0.25) is 10.1 Å². The van der Waals surface area contributed by atoms with Crippen LogP contribution in [0.15, 0.2) is 18.2 Å². The van der Waals surface area contributed by atoms with Crippen LogP contribution in [0, 0.1) is 10.1 Å². The fraction of sp³-hybridized carbons (Fsp3) is 0.600. The molecule has 20 heavy (non-hydrogen) atoms. The monoisotopic (exact) mass is 296 g/mol. The van der Waals surface area contributed by atoms with Crippen molar-refractivity contribution in [3.63, 3.8) is 0 Å². The highest BCUT2D eigenvalue weighted by atomic mass is 35.5. The van der Waals surface area contributed by atoms with Gasteiger partial charge in [0.15, 0.2) is 0 Å². The van der Waals surface area contributed by atoms with E-state index in [0.29, 0.717) is 0 Å². The lowest BCUT2D eigenvalue weighted by Gasteiger charge is -2.28. The third kappa shape index (κ3) is 3.42. The molecule has 110 valence electrons. The maximum absolute atomic E-state index is 11.0. The summed E-state index contributed by atoms with van der Waals surface area (Å²) < 4.78 is 0. The summed E-state index contributed by atoms with van der Waals surface area (Å²) >= 11 is 6.50. The number of fused-ring (bicyclic) bond motifs is 1. The van der Waals surface area contributed by atoms with Crippen molar-refractivity contribution < 1.29 is 4.92 Å². The van der Waals surface area contributed by atoms with Gasteiger partial charge in [0, 0.05) is 36.5 Å². The molecular weight excluding hydrogens is 276 g/mol. The molecule has 1 unspecified atom stereocenters. The number of rotatable bonds is 2. The number of anilines is 1. The van der Waals surface area contributed by atoms with Crippen molar-refractivity contribution in [2.45, 2.75) is 44.4 Å². The zero-order valence-electron chi connectivity index (χ0n) is 11.8. The SMILES string of the molecule is CCN1CCCCCCC(Cl)c2cc([N+](=O)[O-])ccc21. The Morgan fingerprint density at radius 1 is 1.35 bits per heavy atom. The van der Waals surface area contributed by atoms with E-state index < -0.39 is 0 Å². The molecule has 0 radical (unpaired) electrons. The average molecular weight is 297 g/mol. The second kappa shape index (κ2) is 6.93. The van der Waals surface area contributed by atoms with Crippen molar-refractivity contribution in [1.82, 2.24) is 0 Å². The molecule has 1 atom stereocenters. The quantitative estimate of drug-likeness (QED) is 0.453. The Labute approximate surface area is 124 Å². The van der Waals surface area contributed by atoms with Crippen LogP contribution in [0.1, 0.15) is 50.0 Å². The molecule has 0 amide bonds. The Hall–Kier alpha value is -1.29. The number of hydrogen-bond donors (Lipinski definition) is 0. The highest BCUT2D eigenvalue weighted by molar-refractivity contribution is 6.21. The van der Waals surface area contributed by atoms with Crippen molar-refractivity contribution in [2.75, 3.05) is 18.0 Å². The molecule has 0 N–H and O–H groups in total. The molecule has 0 spiro atoms. The van der Waals surface area contributed by atoms with Crippen LogP contribution in [0.3, 0.4) is 0 Å². The van der Waals surface area contributed by atoms with Crippen LogP contribution >= 0.6 is 11.6 Å². The van der Waals surface area contributed by atoms with E-state index in [1.165, 1.54) is 12.8 Å². The van der Waals surface area contributed by atoms with Crippen LogP contribution in [-0.4, -0.2) is 18.0 Å². The number of benzene rings is 1. The van der Waals surface area contributed by atoms with Gasteiger partial charge in [0.1, 0.15) is 0 Å². The van der Waals surface area contributed by atoms with Gasteiger partial charge in [-0.2, -0.15) is 0 Å². The minimum absolute atomic E-state index is 0.127. The fourth-order valence-corrected chi connectivity index (χ4v) is 3.11. The van der Waals surface area contributed by atoms with Crippen molar-refractivity contribution in [3.8, 4) is 0 Å². The van der Waals surface area contributed by atoms with Crippen LogP contribution in [0.2, 0.25) is 0 Å². The number of nitrogens with zero attached hydrogens (tertiary/aromatic N) is 2. The standard InChI is InChI=1S/C15H21ClN2O2/c1-2-17-10-6-4-3-5-7-14(16)13-11-12(18(19)20)8-9-15(13)17/h8-9,11,14H,2-7,10H2,1H3. The molecule has 0 saturated carbocycles. The Morgan fingerprint density at radius 2 is 2.10 bits per heavy atom. The molecule has 1 aromatic rings. The van der Waals surface area contributed by atoms with Crippen LogP contribution in [0.5, 0.6) is 0 Å². The van der Waals surface area contributed by atoms with Crippen molar-refractivity contribution in [3.05, 3.63) is 33.9 Å². The molecule has 4 nitrogen and oxygen atoms in total. The van der Waals surface area contributed by atoms with Crippen LogP contribution in [0.25, 0.3) is 0 Å². The van der Waals surface area contributed by atoms with Gasteiger partial charge in [0.25, 0.3) is 5.69 Å². The van der Waals surface area contributed by atoms with Crippen molar-refractivity contribution in [1.29, 1.82) is 0 Å². The summed E-state index contributed by atoms with van der Waals surface area (Å²) in [4.78, 5) is 12.9. The Morgan fingerprint density at radius 3 is 2.80 bits per heavy atom.